The predicted octanol–water partition coefficient (Wildman–Crippen LogP) is -0.0894. The Hall–Kier alpha value is 0.0300. The monoisotopic (exact) mass is 154 g/mol. The highest BCUT2D eigenvalue weighted by atomic mass is 32.2. The molecule has 0 amide bonds. The van der Waals surface area contributed by atoms with Gasteiger partial charge in [0.05, 0.1) is 12.7 Å². The molecule has 0 heterocycles. The van der Waals surface area contributed by atoms with Gasteiger partial charge in [-0.05, 0) is 6.42 Å². The van der Waals surface area contributed by atoms with Crippen LogP contribution >= 0.6 is 0 Å². The minimum atomic E-state index is -2.26. The highest BCUT2D eigenvalue weighted by molar-refractivity contribution is 7.74. The molecule has 4 nitrogen and oxygen atoms in total. The number of aliphatic hydroxyl groups is 1. The van der Waals surface area contributed by atoms with E-state index in [1.54, 1.807) is 6.92 Å². The zero-order valence-electron chi connectivity index (χ0n) is 5.11. The molecule has 56 valence electrons. The molecule has 0 bridgehead atoms. The van der Waals surface area contributed by atoms with Gasteiger partial charge in [0.2, 0.25) is 0 Å². The summed E-state index contributed by atoms with van der Waals surface area (Å²) in [4.78, 5) is 0. The summed E-state index contributed by atoms with van der Waals surface area (Å²) in [5, 5.41) is 8.40. The fourth-order valence-electron chi connectivity index (χ4n) is 0.344. The van der Waals surface area contributed by atoms with Gasteiger partial charge in [-0.1, -0.05) is 6.92 Å². The molecule has 2 N–H and O–H groups in total. The first kappa shape index (κ1) is 9.03. The average Bonchev–Trinajstić information content (AvgIpc) is 1.82. The smallest absolute Gasteiger partial charge is 0.302 e. The van der Waals surface area contributed by atoms with Crippen LogP contribution in [0.25, 0.3) is 0 Å². The molecule has 0 aromatic rings. The first-order valence-corrected chi connectivity index (χ1v) is 3.62. The molecule has 0 fully saturated rings. The number of rotatable bonds is 4. The van der Waals surface area contributed by atoms with Crippen LogP contribution in [0, 0.1) is 0 Å². The number of hydrogen-bond donors (Lipinski definition) is 2. The van der Waals surface area contributed by atoms with Crippen LogP contribution < -0.4 is 0 Å². The zero-order valence-corrected chi connectivity index (χ0v) is 5.93. The Morgan fingerprint density at radius 2 is 2.33 bits per heavy atom. The third-order valence-electron chi connectivity index (χ3n) is 0.877. The van der Waals surface area contributed by atoms with Crippen LogP contribution in [-0.4, -0.2) is 26.6 Å². The van der Waals surface area contributed by atoms with Gasteiger partial charge >= 0.3 is 11.4 Å². The highest BCUT2D eigenvalue weighted by Gasteiger charge is 2.06. The second-order valence-electron chi connectivity index (χ2n) is 1.53. The van der Waals surface area contributed by atoms with Gasteiger partial charge in [0.25, 0.3) is 0 Å². The van der Waals surface area contributed by atoms with Crippen molar-refractivity contribution in [1.82, 2.24) is 0 Å². The zero-order chi connectivity index (χ0) is 7.28. The first-order chi connectivity index (χ1) is 4.20. The lowest BCUT2D eigenvalue weighted by Crippen LogP contribution is -2.17. The van der Waals surface area contributed by atoms with Crippen molar-refractivity contribution in [3.63, 3.8) is 0 Å². The summed E-state index contributed by atoms with van der Waals surface area (Å²) in [5.41, 5.74) is 0. The third-order valence-corrected chi connectivity index (χ3v) is 1.31. The van der Waals surface area contributed by atoms with Crippen LogP contribution in [0.4, 0.5) is 0 Å². The molecule has 0 aliphatic rings. The molecular weight excluding hydrogens is 144 g/mol. The van der Waals surface area contributed by atoms with Crippen LogP contribution in [0.1, 0.15) is 13.3 Å². The number of hydrogen-bond acceptors (Lipinski definition) is 3. The van der Waals surface area contributed by atoms with Crippen LogP contribution in [0.15, 0.2) is 0 Å². The first-order valence-electron chi connectivity index (χ1n) is 2.59. The van der Waals surface area contributed by atoms with Gasteiger partial charge in [-0.25, -0.2) is 0 Å². The molecule has 0 spiro atoms. The molecule has 9 heavy (non-hydrogen) atoms. The van der Waals surface area contributed by atoms with Gasteiger partial charge in [-0.2, -0.15) is 4.21 Å². The summed E-state index contributed by atoms with van der Waals surface area (Å²) < 4.78 is 22.4. The fourth-order valence-corrected chi connectivity index (χ4v) is 0.774. The molecule has 0 saturated heterocycles. The lowest BCUT2D eigenvalue weighted by atomic mass is 10.3. The molecule has 0 aliphatic heterocycles. The Morgan fingerprint density at radius 1 is 1.78 bits per heavy atom. The van der Waals surface area contributed by atoms with Crippen molar-refractivity contribution < 1.29 is 18.1 Å². The average molecular weight is 154 g/mol. The second-order valence-corrected chi connectivity index (χ2v) is 2.15. The second kappa shape index (κ2) is 4.87. The SMILES string of the molecule is CCC(CO)OS(=O)O. The van der Waals surface area contributed by atoms with Gasteiger partial charge in [0.1, 0.15) is 0 Å². The maximum Gasteiger partial charge on any atom is 0.302 e. The molecule has 5 heteroatoms. The largest absolute Gasteiger partial charge is 0.394 e. The quantitative estimate of drug-likeness (QED) is 0.555. The van der Waals surface area contributed by atoms with E-state index in [-0.39, 0.29) is 6.61 Å². The van der Waals surface area contributed by atoms with E-state index >= 15 is 0 Å². The van der Waals surface area contributed by atoms with E-state index in [0.717, 1.165) is 0 Å². The molecule has 2 unspecified atom stereocenters. The molecule has 0 radical (unpaired) electrons. The number of aliphatic hydroxyl groups excluding tert-OH is 1. The van der Waals surface area contributed by atoms with Gasteiger partial charge in [-0.15, -0.1) is 0 Å². The van der Waals surface area contributed by atoms with E-state index in [9.17, 15) is 4.21 Å². The summed E-state index contributed by atoms with van der Waals surface area (Å²) in [7, 11) is 0. The Balaban J connectivity index is 3.43. The molecule has 0 aromatic carbocycles. The lowest BCUT2D eigenvalue weighted by molar-refractivity contribution is 0.116. The van der Waals surface area contributed by atoms with Crippen molar-refractivity contribution in [2.75, 3.05) is 6.61 Å². The summed E-state index contributed by atoms with van der Waals surface area (Å²) in [5.74, 6) is 0. The predicted molar refractivity (Wildman–Crippen MR) is 33.0 cm³/mol. The van der Waals surface area contributed by atoms with Gasteiger partial charge in [0.15, 0.2) is 0 Å². The standard InChI is InChI=1S/C4H10O4S/c1-2-4(3-5)8-9(6)7/h4-5H,2-3H2,1H3,(H,6,7). The van der Waals surface area contributed by atoms with E-state index < -0.39 is 17.5 Å². The molecule has 0 rings (SSSR count). The van der Waals surface area contributed by atoms with Crippen molar-refractivity contribution in [2.24, 2.45) is 0 Å². The van der Waals surface area contributed by atoms with Crippen molar-refractivity contribution >= 4 is 11.4 Å². The van der Waals surface area contributed by atoms with Crippen molar-refractivity contribution in [2.45, 2.75) is 19.4 Å². The molecular formula is C4H10O4S. The molecule has 2 atom stereocenters. The highest BCUT2D eigenvalue weighted by Crippen LogP contribution is 1.96. The Labute approximate surface area is 56.3 Å². The Morgan fingerprint density at radius 3 is 2.44 bits per heavy atom. The Kier molecular flexibility index (Phi) is 4.88. The summed E-state index contributed by atoms with van der Waals surface area (Å²) >= 11 is -2.26. The van der Waals surface area contributed by atoms with Crippen molar-refractivity contribution in [3.05, 3.63) is 0 Å². The summed E-state index contributed by atoms with van der Waals surface area (Å²) in [6.07, 6.45) is 0.0128. The summed E-state index contributed by atoms with van der Waals surface area (Å²) in [6, 6.07) is 0. The maximum absolute atomic E-state index is 9.91. The molecule has 0 aromatic heterocycles. The van der Waals surface area contributed by atoms with Crippen LogP contribution in [0.3, 0.4) is 0 Å². The fraction of sp³-hybridized carbons (Fsp3) is 1.00. The van der Waals surface area contributed by atoms with E-state index in [1.165, 1.54) is 0 Å². The van der Waals surface area contributed by atoms with Crippen LogP contribution in [0.5, 0.6) is 0 Å². The summed E-state index contributed by atoms with van der Waals surface area (Å²) in [6.45, 7) is 1.54. The normalized spacial score (nSPS) is 17.2. The minimum absolute atomic E-state index is 0.219. The van der Waals surface area contributed by atoms with Crippen molar-refractivity contribution in [3.8, 4) is 0 Å². The van der Waals surface area contributed by atoms with E-state index in [0.29, 0.717) is 6.42 Å². The van der Waals surface area contributed by atoms with E-state index in [2.05, 4.69) is 4.18 Å². The van der Waals surface area contributed by atoms with Gasteiger partial charge in [-0.3, -0.25) is 8.74 Å². The third kappa shape index (κ3) is 4.53. The molecule has 0 saturated carbocycles. The van der Waals surface area contributed by atoms with Gasteiger partial charge in [0, 0.05) is 0 Å². The van der Waals surface area contributed by atoms with Crippen molar-refractivity contribution in [1.29, 1.82) is 0 Å². The maximum atomic E-state index is 9.91. The van der Waals surface area contributed by atoms with Crippen LogP contribution in [-0.2, 0) is 15.5 Å². The topological polar surface area (TPSA) is 66.8 Å². The van der Waals surface area contributed by atoms with Gasteiger partial charge < -0.3 is 5.11 Å². The molecule has 0 aliphatic carbocycles. The minimum Gasteiger partial charge on any atom is -0.394 e. The Bertz CT molecular complexity index is 90.6. The van der Waals surface area contributed by atoms with E-state index in [1.807, 2.05) is 0 Å². The van der Waals surface area contributed by atoms with E-state index in [4.69, 9.17) is 9.66 Å². The lowest BCUT2D eigenvalue weighted by Gasteiger charge is -2.06. The van der Waals surface area contributed by atoms with Crippen LogP contribution in [0.2, 0.25) is 0 Å².